The SMILES string of the molecule is COC(=O)CCC(=O)NNC(=O)c1ccc(OC)c(I)c1. The molecule has 0 atom stereocenters. The van der Waals surface area contributed by atoms with Crippen molar-refractivity contribution >= 4 is 40.4 Å². The Balaban J connectivity index is 2.48. The van der Waals surface area contributed by atoms with E-state index in [2.05, 4.69) is 15.6 Å². The van der Waals surface area contributed by atoms with Gasteiger partial charge in [-0.3, -0.25) is 25.2 Å². The normalized spacial score (nSPS) is 9.67. The summed E-state index contributed by atoms with van der Waals surface area (Å²) in [5.41, 5.74) is 4.88. The number of carbonyl (C=O) groups excluding carboxylic acids is 3. The molecule has 1 aromatic carbocycles. The molecule has 1 aromatic rings. The highest BCUT2D eigenvalue weighted by Crippen LogP contribution is 2.21. The van der Waals surface area contributed by atoms with Crippen LogP contribution in [0, 0.1) is 3.57 Å². The number of benzene rings is 1. The van der Waals surface area contributed by atoms with E-state index in [1.165, 1.54) is 7.11 Å². The Hall–Kier alpha value is -1.84. The summed E-state index contributed by atoms with van der Waals surface area (Å²) in [6.07, 6.45) is -0.105. The smallest absolute Gasteiger partial charge is 0.306 e. The molecule has 0 radical (unpaired) electrons. The van der Waals surface area contributed by atoms with Crippen molar-refractivity contribution in [2.24, 2.45) is 0 Å². The second-order valence-corrected chi connectivity index (χ2v) is 5.09. The molecule has 2 N–H and O–H groups in total. The monoisotopic (exact) mass is 406 g/mol. The average molecular weight is 406 g/mol. The molecule has 21 heavy (non-hydrogen) atoms. The molecule has 2 amide bonds. The molecule has 0 aliphatic heterocycles. The molecule has 0 heterocycles. The second-order valence-electron chi connectivity index (χ2n) is 3.93. The maximum absolute atomic E-state index is 11.8. The molecule has 114 valence electrons. The third kappa shape index (κ3) is 5.58. The zero-order chi connectivity index (χ0) is 15.8. The summed E-state index contributed by atoms with van der Waals surface area (Å²) in [5, 5.41) is 0. The van der Waals surface area contributed by atoms with Crippen molar-refractivity contribution in [3.63, 3.8) is 0 Å². The molecule has 0 aliphatic rings. The van der Waals surface area contributed by atoms with E-state index in [0.717, 1.165) is 3.57 Å². The van der Waals surface area contributed by atoms with Crippen LogP contribution in [0.15, 0.2) is 18.2 Å². The van der Waals surface area contributed by atoms with Crippen LogP contribution in [0.1, 0.15) is 23.2 Å². The summed E-state index contributed by atoms with van der Waals surface area (Å²) in [4.78, 5) is 34.1. The van der Waals surface area contributed by atoms with Gasteiger partial charge in [-0.1, -0.05) is 0 Å². The van der Waals surface area contributed by atoms with Crippen LogP contribution in [-0.2, 0) is 14.3 Å². The van der Waals surface area contributed by atoms with Gasteiger partial charge in [-0.05, 0) is 40.8 Å². The molecule has 0 bridgehead atoms. The molecule has 0 spiro atoms. The molecule has 0 fully saturated rings. The van der Waals surface area contributed by atoms with Gasteiger partial charge in [0.15, 0.2) is 0 Å². The molecular formula is C13H15IN2O5. The fourth-order valence-electron chi connectivity index (χ4n) is 1.39. The zero-order valence-electron chi connectivity index (χ0n) is 11.6. The van der Waals surface area contributed by atoms with E-state index in [-0.39, 0.29) is 12.8 Å². The van der Waals surface area contributed by atoms with Crippen LogP contribution in [0.2, 0.25) is 0 Å². The van der Waals surface area contributed by atoms with Crippen molar-refractivity contribution in [2.45, 2.75) is 12.8 Å². The van der Waals surface area contributed by atoms with Crippen LogP contribution >= 0.6 is 22.6 Å². The van der Waals surface area contributed by atoms with Gasteiger partial charge in [-0.15, -0.1) is 0 Å². The first kappa shape index (κ1) is 17.2. The number of hydrogen-bond acceptors (Lipinski definition) is 5. The number of carbonyl (C=O) groups is 3. The summed E-state index contributed by atoms with van der Waals surface area (Å²) in [6.45, 7) is 0. The van der Waals surface area contributed by atoms with Crippen molar-refractivity contribution in [3.8, 4) is 5.75 Å². The fraction of sp³-hybridized carbons (Fsp3) is 0.308. The number of ether oxygens (including phenoxy) is 2. The fourth-order valence-corrected chi connectivity index (χ4v) is 2.12. The van der Waals surface area contributed by atoms with E-state index in [9.17, 15) is 14.4 Å². The van der Waals surface area contributed by atoms with Gasteiger partial charge in [-0.25, -0.2) is 0 Å². The van der Waals surface area contributed by atoms with E-state index >= 15 is 0 Å². The lowest BCUT2D eigenvalue weighted by Gasteiger charge is -2.08. The Kier molecular flexibility index (Phi) is 6.92. The highest BCUT2D eigenvalue weighted by molar-refractivity contribution is 14.1. The van der Waals surface area contributed by atoms with Crippen LogP contribution in [-0.4, -0.2) is 32.0 Å². The Labute approximate surface area is 135 Å². The van der Waals surface area contributed by atoms with Crippen molar-refractivity contribution in [1.29, 1.82) is 0 Å². The molecular weight excluding hydrogens is 391 g/mol. The van der Waals surface area contributed by atoms with Gasteiger partial charge in [0.1, 0.15) is 5.75 Å². The standard InChI is InChI=1S/C13H15IN2O5/c1-20-10-4-3-8(7-9(10)14)13(19)16-15-11(17)5-6-12(18)21-2/h3-4,7H,5-6H2,1-2H3,(H,15,17)(H,16,19). The minimum absolute atomic E-state index is 0.0430. The molecule has 0 saturated heterocycles. The van der Waals surface area contributed by atoms with Crippen LogP contribution < -0.4 is 15.6 Å². The zero-order valence-corrected chi connectivity index (χ0v) is 13.7. The largest absolute Gasteiger partial charge is 0.496 e. The second kappa shape index (κ2) is 8.45. The van der Waals surface area contributed by atoms with Crippen molar-refractivity contribution in [1.82, 2.24) is 10.9 Å². The van der Waals surface area contributed by atoms with E-state index < -0.39 is 17.8 Å². The number of methoxy groups -OCH3 is 2. The van der Waals surface area contributed by atoms with Gasteiger partial charge in [0.2, 0.25) is 5.91 Å². The quantitative estimate of drug-likeness (QED) is 0.433. The van der Waals surface area contributed by atoms with Gasteiger partial charge >= 0.3 is 5.97 Å². The van der Waals surface area contributed by atoms with Crippen molar-refractivity contribution < 1.29 is 23.9 Å². The number of esters is 1. The van der Waals surface area contributed by atoms with Crippen molar-refractivity contribution in [3.05, 3.63) is 27.3 Å². The van der Waals surface area contributed by atoms with Crippen LogP contribution in [0.3, 0.4) is 0 Å². The molecule has 0 unspecified atom stereocenters. The first-order chi connectivity index (χ1) is 9.97. The molecule has 0 aliphatic carbocycles. The number of hydrazine groups is 1. The van der Waals surface area contributed by atoms with Gasteiger partial charge < -0.3 is 9.47 Å². The lowest BCUT2D eigenvalue weighted by atomic mass is 10.2. The van der Waals surface area contributed by atoms with Crippen LogP contribution in [0.4, 0.5) is 0 Å². The van der Waals surface area contributed by atoms with Crippen LogP contribution in [0.5, 0.6) is 5.75 Å². The Bertz CT molecular complexity index is 547. The van der Waals surface area contributed by atoms with E-state index in [1.807, 2.05) is 22.6 Å². The number of halogens is 1. The summed E-state index contributed by atoms with van der Waals surface area (Å²) >= 11 is 2.04. The molecule has 0 aromatic heterocycles. The molecule has 1 rings (SSSR count). The molecule has 0 saturated carbocycles. The Morgan fingerprint density at radius 1 is 1.14 bits per heavy atom. The summed E-state index contributed by atoms with van der Waals surface area (Å²) in [7, 11) is 2.78. The average Bonchev–Trinajstić information content (AvgIpc) is 2.49. The predicted molar refractivity (Wildman–Crippen MR) is 82.6 cm³/mol. The Morgan fingerprint density at radius 2 is 1.86 bits per heavy atom. The minimum atomic E-state index is -0.485. The Morgan fingerprint density at radius 3 is 2.43 bits per heavy atom. The third-order valence-corrected chi connectivity index (χ3v) is 3.36. The lowest BCUT2D eigenvalue weighted by Crippen LogP contribution is -2.41. The summed E-state index contributed by atoms with van der Waals surface area (Å²) in [6, 6.07) is 4.88. The minimum Gasteiger partial charge on any atom is -0.496 e. The summed E-state index contributed by atoms with van der Waals surface area (Å²) in [5.74, 6) is -0.755. The number of hydrogen-bond donors (Lipinski definition) is 2. The molecule has 8 heteroatoms. The van der Waals surface area contributed by atoms with Crippen LogP contribution in [0.25, 0.3) is 0 Å². The van der Waals surface area contributed by atoms with Crippen molar-refractivity contribution in [2.75, 3.05) is 14.2 Å². The van der Waals surface area contributed by atoms with Gasteiger partial charge in [0, 0.05) is 12.0 Å². The van der Waals surface area contributed by atoms with Gasteiger partial charge in [-0.2, -0.15) is 0 Å². The van der Waals surface area contributed by atoms with Gasteiger partial charge in [0.05, 0.1) is 24.2 Å². The highest BCUT2D eigenvalue weighted by atomic mass is 127. The highest BCUT2D eigenvalue weighted by Gasteiger charge is 2.11. The topological polar surface area (TPSA) is 93.7 Å². The first-order valence-corrected chi connectivity index (χ1v) is 7.05. The predicted octanol–water partition coefficient (Wildman–Crippen LogP) is 1.01. The third-order valence-electron chi connectivity index (χ3n) is 2.51. The maximum Gasteiger partial charge on any atom is 0.306 e. The molecule has 7 nitrogen and oxygen atoms in total. The van der Waals surface area contributed by atoms with E-state index in [4.69, 9.17) is 4.74 Å². The van der Waals surface area contributed by atoms with Gasteiger partial charge in [0.25, 0.3) is 5.91 Å². The number of rotatable bonds is 5. The maximum atomic E-state index is 11.8. The van der Waals surface area contributed by atoms with E-state index in [0.29, 0.717) is 11.3 Å². The number of amides is 2. The summed E-state index contributed by atoms with van der Waals surface area (Å²) < 4.78 is 10.3. The number of nitrogens with one attached hydrogen (secondary N) is 2. The lowest BCUT2D eigenvalue weighted by molar-refractivity contribution is -0.142. The first-order valence-electron chi connectivity index (χ1n) is 5.97. The van der Waals surface area contributed by atoms with E-state index in [1.54, 1.807) is 25.3 Å².